The Morgan fingerprint density at radius 2 is 2.31 bits per heavy atom. The minimum Gasteiger partial charge on any atom is -0.312 e. The van der Waals surface area contributed by atoms with Gasteiger partial charge >= 0.3 is 0 Å². The quantitative estimate of drug-likeness (QED) is 0.753. The molecule has 0 unspecified atom stereocenters. The summed E-state index contributed by atoms with van der Waals surface area (Å²) in [6, 6.07) is 0. The van der Waals surface area contributed by atoms with Gasteiger partial charge in [0.1, 0.15) is 6.33 Å². The van der Waals surface area contributed by atoms with Crippen molar-refractivity contribution in [3.05, 3.63) is 30.0 Å². The summed E-state index contributed by atoms with van der Waals surface area (Å²) in [5.74, 6) is 0. The van der Waals surface area contributed by atoms with Crippen molar-refractivity contribution in [1.29, 1.82) is 0 Å². The van der Waals surface area contributed by atoms with Crippen LogP contribution in [0.25, 0.3) is 11.3 Å². The average Bonchev–Trinajstić information content (AvgIpc) is 2.75. The molecule has 16 heavy (non-hydrogen) atoms. The van der Waals surface area contributed by atoms with E-state index in [-0.39, 0.29) is 0 Å². The lowest BCUT2D eigenvalue weighted by molar-refractivity contribution is 0.627. The number of hydrogen-bond acceptors (Lipinski definition) is 4. The van der Waals surface area contributed by atoms with E-state index in [9.17, 15) is 0 Å². The van der Waals surface area contributed by atoms with E-state index in [1.54, 1.807) is 11.0 Å². The number of nitrogens with zero attached hydrogens (tertiary/aromatic N) is 4. The van der Waals surface area contributed by atoms with E-state index in [2.05, 4.69) is 20.4 Å². The van der Waals surface area contributed by atoms with Gasteiger partial charge in [-0.2, -0.15) is 5.10 Å². The zero-order valence-electron chi connectivity index (χ0n) is 9.14. The van der Waals surface area contributed by atoms with Crippen molar-refractivity contribution >= 4 is 0 Å². The average molecular weight is 215 g/mol. The predicted octanol–water partition coefficient (Wildman–Crippen LogP) is 0.523. The van der Waals surface area contributed by atoms with Crippen LogP contribution in [-0.2, 0) is 20.0 Å². The van der Waals surface area contributed by atoms with E-state index >= 15 is 0 Å². The van der Waals surface area contributed by atoms with Crippen molar-refractivity contribution in [3.63, 3.8) is 0 Å². The summed E-state index contributed by atoms with van der Waals surface area (Å²) >= 11 is 0. The fourth-order valence-corrected chi connectivity index (χ4v) is 2.06. The molecule has 0 saturated carbocycles. The second-order valence-electron chi connectivity index (χ2n) is 3.98. The Morgan fingerprint density at radius 1 is 1.38 bits per heavy atom. The second-order valence-corrected chi connectivity index (χ2v) is 3.98. The molecule has 1 aliphatic rings. The van der Waals surface area contributed by atoms with Crippen molar-refractivity contribution in [2.45, 2.75) is 13.0 Å². The van der Waals surface area contributed by atoms with Gasteiger partial charge in [-0.15, -0.1) is 0 Å². The molecule has 0 fully saturated rings. The first kappa shape index (κ1) is 9.47. The van der Waals surface area contributed by atoms with Crippen LogP contribution < -0.4 is 5.32 Å². The van der Waals surface area contributed by atoms with Crippen molar-refractivity contribution in [3.8, 4) is 11.3 Å². The molecule has 82 valence electrons. The molecule has 3 heterocycles. The number of aromatic nitrogens is 4. The fraction of sp³-hybridized carbons (Fsp3) is 0.364. The van der Waals surface area contributed by atoms with Gasteiger partial charge < -0.3 is 5.32 Å². The smallest absolute Gasteiger partial charge is 0.116 e. The molecule has 0 atom stereocenters. The molecular formula is C11H13N5. The van der Waals surface area contributed by atoms with Crippen molar-refractivity contribution in [2.75, 3.05) is 6.54 Å². The summed E-state index contributed by atoms with van der Waals surface area (Å²) in [4.78, 5) is 8.71. The molecule has 0 aliphatic carbocycles. The third kappa shape index (κ3) is 1.49. The first-order valence-corrected chi connectivity index (χ1v) is 5.37. The van der Waals surface area contributed by atoms with E-state index in [0.29, 0.717) is 0 Å². The molecule has 0 amide bonds. The Kier molecular flexibility index (Phi) is 2.18. The summed E-state index contributed by atoms with van der Waals surface area (Å²) in [6.07, 6.45) is 6.45. The number of hydrogen-bond donors (Lipinski definition) is 1. The van der Waals surface area contributed by atoms with E-state index in [1.807, 2.05) is 19.4 Å². The lowest BCUT2D eigenvalue weighted by Gasteiger charge is -2.17. The van der Waals surface area contributed by atoms with Crippen molar-refractivity contribution < 1.29 is 0 Å². The van der Waals surface area contributed by atoms with E-state index < -0.39 is 0 Å². The molecule has 0 aromatic carbocycles. The standard InChI is InChI=1S/C11H13N5/c1-16-6-8(4-15-16)11-9-5-12-3-2-10(9)13-7-14-11/h4,6-7,12H,2-3,5H2,1H3. The molecule has 5 heteroatoms. The lowest BCUT2D eigenvalue weighted by atomic mass is 10.0. The SMILES string of the molecule is Cn1cc(-c2ncnc3c2CNCC3)cn1. The third-order valence-corrected chi connectivity index (χ3v) is 2.85. The fourth-order valence-electron chi connectivity index (χ4n) is 2.06. The summed E-state index contributed by atoms with van der Waals surface area (Å²) in [5, 5.41) is 7.53. The minimum atomic E-state index is 0.848. The van der Waals surface area contributed by atoms with E-state index in [0.717, 1.165) is 36.5 Å². The molecular weight excluding hydrogens is 202 g/mol. The van der Waals surface area contributed by atoms with Crippen LogP contribution in [0.2, 0.25) is 0 Å². The molecule has 5 nitrogen and oxygen atoms in total. The highest BCUT2D eigenvalue weighted by molar-refractivity contribution is 5.62. The molecule has 0 saturated heterocycles. The Balaban J connectivity index is 2.13. The number of aryl methyl sites for hydroxylation is 1. The van der Waals surface area contributed by atoms with Gasteiger partial charge in [0.2, 0.25) is 0 Å². The Labute approximate surface area is 93.5 Å². The Bertz CT molecular complexity index is 517. The van der Waals surface area contributed by atoms with Crippen LogP contribution in [0, 0.1) is 0 Å². The molecule has 2 aromatic rings. The van der Waals surface area contributed by atoms with Gasteiger partial charge in [0.25, 0.3) is 0 Å². The topological polar surface area (TPSA) is 55.6 Å². The van der Waals surface area contributed by atoms with Crippen LogP contribution in [0.15, 0.2) is 18.7 Å². The van der Waals surface area contributed by atoms with E-state index in [4.69, 9.17) is 0 Å². The monoisotopic (exact) mass is 215 g/mol. The highest BCUT2D eigenvalue weighted by atomic mass is 15.2. The summed E-state index contributed by atoms with van der Waals surface area (Å²) in [7, 11) is 1.91. The van der Waals surface area contributed by atoms with Crippen LogP contribution in [-0.4, -0.2) is 26.3 Å². The van der Waals surface area contributed by atoms with Gasteiger partial charge in [0, 0.05) is 43.9 Å². The highest BCUT2D eigenvalue weighted by Gasteiger charge is 2.16. The zero-order chi connectivity index (χ0) is 11.0. The van der Waals surface area contributed by atoms with Crippen molar-refractivity contribution in [1.82, 2.24) is 25.1 Å². The minimum absolute atomic E-state index is 0.848. The number of nitrogens with one attached hydrogen (secondary N) is 1. The van der Waals surface area contributed by atoms with Crippen LogP contribution in [0.5, 0.6) is 0 Å². The molecule has 2 aromatic heterocycles. The highest BCUT2D eigenvalue weighted by Crippen LogP contribution is 2.23. The van der Waals surface area contributed by atoms with Gasteiger partial charge in [-0.05, 0) is 0 Å². The maximum absolute atomic E-state index is 4.37. The third-order valence-electron chi connectivity index (χ3n) is 2.85. The normalized spacial score (nSPS) is 14.8. The number of fused-ring (bicyclic) bond motifs is 1. The zero-order valence-corrected chi connectivity index (χ0v) is 9.14. The lowest BCUT2D eigenvalue weighted by Crippen LogP contribution is -2.25. The van der Waals surface area contributed by atoms with Crippen LogP contribution >= 0.6 is 0 Å². The number of rotatable bonds is 1. The Morgan fingerprint density at radius 3 is 3.12 bits per heavy atom. The van der Waals surface area contributed by atoms with Gasteiger partial charge in [0.15, 0.2) is 0 Å². The first-order chi connectivity index (χ1) is 7.84. The van der Waals surface area contributed by atoms with Crippen molar-refractivity contribution in [2.24, 2.45) is 7.05 Å². The van der Waals surface area contributed by atoms with Gasteiger partial charge in [-0.25, -0.2) is 9.97 Å². The molecule has 0 bridgehead atoms. The molecule has 1 N–H and O–H groups in total. The molecule has 1 aliphatic heterocycles. The molecule has 3 rings (SSSR count). The molecule has 0 spiro atoms. The van der Waals surface area contributed by atoms with Crippen LogP contribution in [0.1, 0.15) is 11.3 Å². The Hall–Kier alpha value is -1.75. The maximum atomic E-state index is 4.37. The van der Waals surface area contributed by atoms with Gasteiger partial charge in [-0.3, -0.25) is 4.68 Å². The molecule has 0 radical (unpaired) electrons. The van der Waals surface area contributed by atoms with E-state index in [1.165, 1.54) is 5.56 Å². The van der Waals surface area contributed by atoms with Gasteiger partial charge in [-0.1, -0.05) is 0 Å². The van der Waals surface area contributed by atoms with Crippen LogP contribution in [0.3, 0.4) is 0 Å². The van der Waals surface area contributed by atoms with Gasteiger partial charge in [0.05, 0.1) is 17.6 Å². The summed E-state index contributed by atoms with van der Waals surface area (Å²) < 4.78 is 1.79. The maximum Gasteiger partial charge on any atom is 0.116 e. The predicted molar refractivity (Wildman–Crippen MR) is 59.6 cm³/mol. The second kappa shape index (κ2) is 3.68. The first-order valence-electron chi connectivity index (χ1n) is 5.37. The summed E-state index contributed by atoms with van der Waals surface area (Å²) in [5.41, 5.74) is 4.43. The summed E-state index contributed by atoms with van der Waals surface area (Å²) in [6.45, 7) is 1.84. The largest absolute Gasteiger partial charge is 0.312 e. The van der Waals surface area contributed by atoms with Crippen LogP contribution in [0.4, 0.5) is 0 Å².